The fourth-order valence-corrected chi connectivity index (χ4v) is 3.89. The summed E-state index contributed by atoms with van der Waals surface area (Å²) in [5.41, 5.74) is 9.75. The summed E-state index contributed by atoms with van der Waals surface area (Å²) in [6.07, 6.45) is 3.44. The molecule has 2 heterocycles. The third-order valence-electron chi connectivity index (χ3n) is 5.36. The third-order valence-corrected chi connectivity index (χ3v) is 5.36. The highest BCUT2D eigenvalue weighted by Gasteiger charge is 2.37. The molecule has 26 heavy (non-hydrogen) atoms. The molecule has 1 saturated heterocycles. The van der Waals surface area contributed by atoms with Crippen molar-refractivity contribution in [2.24, 2.45) is 22.2 Å². The monoisotopic (exact) mass is 360 g/mol. The molecule has 0 unspecified atom stereocenters. The second-order valence-electron chi connectivity index (χ2n) is 8.38. The van der Waals surface area contributed by atoms with Gasteiger partial charge in [-0.15, -0.1) is 0 Å². The highest BCUT2D eigenvalue weighted by Crippen LogP contribution is 2.39. The van der Waals surface area contributed by atoms with E-state index in [0.29, 0.717) is 23.8 Å². The Hall–Kier alpha value is -2.31. The average molecular weight is 360 g/mol. The van der Waals surface area contributed by atoms with Crippen molar-refractivity contribution in [3.8, 4) is 0 Å². The highest BCUT2D eigenvalue weighted by molar-refractivity contribution is 6.07. The van der Waals surface area contributed by atoms with Crippen LogP contribution in [-0.4, -0.2) is 35.6 Å². The fourth-order valence-electron chi connectivity index (χ4n) is 3.89. The molecule has 0 atom stereocenters. The van der Waals surface area contributed by atoms with Gasteiger partial charge >= 0.3 is 6.03 Å². The summed E-state index contributed by atoms with van der Waals surface area (Å²) < 4.78 is 6.04. The van der Waals surface area contributed by atoms with Gasteiger partial charge in [-0.2, -0.15) is 5.10 Å². The molecule has 1 aliphatic carbocycles. The predicted molar refractivity (Wildman–Crippen MR) is 99.1 cm³/mol. The van der Waals surface area contributed by atoms with E-state index in [1.807, 2.05) is 11.8 Å². The van der Waals surface area contributed by atoms with Crippen LogP contribution in [0.5, 0.6) is 0 Å². The number of hydrazone groups is 1. The molecule has 0 aromatic carbocycles. The van der Waals surface area contributed by atoms with Crippen molar-refractivity contribution in [3.63, 3.8) is 0 Å². The zero-order valence-corrected chi connectivity index (χ0v) is 16.0. The molecule has 1 aliphatic heterocycles. The Kier molecular flexibility index (Phi) is 4.82. The van der Waals surface area contributed by atoms with Gasteiger partial charge in [0.15, 0.2) is 5.76 Å². The van der Waals surface area contributed by atoms with Gasteiger partial charge in [0.2, 0.25) is 0 Å². The second kappa shape index (κ2) is 6.78. The molecule has 0 saturated carbocycles. The van der Waals surface area contributed by atoms with E-state index >= 15 is 0 Å². The van der Waals surface area contributed by atoms with Crippen LogP contribution in [0.25, 0.3) is 0 Å². The van der Waals surface area contributed by atoms with E-state index in [9.17, 15) is 9.59 Å². The molecule has 2 aliphatic rings. The molecule has 7 heteroatoms. The number of piperidine rings is 1. The number of likely N-dealkylation sites (tertiary alicyclic amines) is 1. The summed E-state index contributed by atoms with van der Waals surface area (Å²) in [4.78, 5) is 25.9. The number of furan rings is 1. The molecule has 7 nitrogen and oxygen atoms in total. The molecule has 3 N–H and O–H groups in total. The highest BCUT2D eigenvalue weighted by atomic mass is 16.4. The van der Waals surface area contributed by atoms with Gasteiger partial charge in [-0.25, -0.2) is 10.2 Å². The summed E-state index contributed by atoms with van der Waals surface area (Å²) in [5, 5.41) is 4.18. The van der Waals surface area contributed by atoms with Crippen molar-refractivity contribution < 1.29 is 14.0 Å². The van der Waals surface area contributed by atoms with E-state index in [1.54, 1.807) is 0 Å². The molecule has 1 aromatic rings. The minimum atomic E-state index is -0.706. The van der Waals surface area contributed by atoms with Crippen molar-refractivity contribution in [2.75, 3.05) is 13.1 Å². The largest absolute Gasteiger partial charge is 0.455 e. The Morgan fingerprint density at radius 1 is 1.27 bits per heavy atom. The van der Waals surface area contributed by atoms with Crippen molar-refractivity contribution in [3.05, 3.63) is 22.6 Å². The first-order valence-corrected chi connectivity index (χ1v) is 9.22. The number of fused-ring (bicyclic) bond motifs is 1. The summed E-state index contributed by atoms with van der Waals surface area (Å²) in [6, 6.07) is -0.706. The molecule has 0 spiro atoms. The predicted octanol–water partition coefficient (Wildman–Crippen LogP) is 2.80. The lowest BCUT2D eigenvalue weighted by Crippen LogP contribution is -2.38. The molecular formula is C19H28N4O3. The second-order valence-corrected chi connectivity index (χ2v) is 8.38. The summed E-state index contributed by atoms with van der Waals surface area (Å²) >= 11 is 0. The summed E-state index contributed by atoms with van der Waals surface area (Å²) in [5.74, 6) is 1.76. The minimum Gasteiger partial charge on any atom is -0.455 e. The van der Waals surface area contributed by atoms with E-state index in [0.717, 1.165) is 49.2 Å². The van der Waals surface area contributed by atoms with E-state index < -0.39 is 6.03 Å². The number of carbonyl (C=O) groups is 2. The molecule has 0 radical (unpaired) electrons. The lowest BCUT2D eigenvalue weighted by Gasteiger charge is -2.29. The lowest BCUT2D eigenvalue weighted by atomic mass is 9.75. The number of urea groups is 1. The van der Waals surface area contributed by atoms with Gasteiger partial charge in [-0.05, 0) is 37.5 Å². The molecule has 1 fully saturated rings. The van der Waals surface area contributed by atoms with E-state index in [1.165, 1.54) is 0 Å². The maximum Gasteiger partial charge on any atom is 0.332 e. The van der Waals surface area contributed by atoms with Crippen LogP contribution in [0.1, 0.15) is 67.5 Å². The normalized spacial score (nSPS) is 21.5. The first-order valence-electron chi connectivity index (χ1n) is 9.22. The van der Waals surface area contributed by atoms with E-state index in [-0.39, 0.29) is 11.3 Å². The average Bonchev–Trinajstić information content (AvgIpc) is 2.88. The smallest absolute Gasteiger partial charge is 0.332 e. The van der Waals surface area contributed by atoms with Crippen molar-refractivity contribution in [1.29, 1.82) is 0 Å². The number of nitrogens with zero attached hydrogens (tertiary/aromatic N) is 2. The van der Waals surface area contributed by atoms with Crippen LogP contribution in [-0.2, 0) is 6.42 Å². The Balaban J connectivity index is 1.95. The molecule has 3 amide bonds. The first kappa shape index (κ1) is 18.5. The number of nitrogens with two attached hydrogens (primary N) is 1. The summed E-state index contributed by atoms with van der Waals surface area (Å²) in [7, 11) is 0. The molecular weight excluding hydrogens is 332 g/mol. The Bertz CT molecular complexity index is 755. The Morgan fingerprint density at radius 3 is 2.54 bits per heavy atom. The Morgan fingerprint density at radius 2 is 1.92 bits per heavy atom. The topological polar surface area (TPSA) is 101 Å². The van der Waals surface area contributed by atoms with Crippen LogP contribution < -0.4 is 11.2 Å². The van der Waals surface area contributed by atoms with Crippen LogP contribution in [0.2, 0.25) is 0 Å². The fraction of sp³-hybridized carbons (Fsp3) is 0.632. The zero-order chi connectivity index (χ0) is 19.1. The maximum atomic E-state index is 13.0. The van der Waals surface area contributed by atoms with Gasteiger partial charge in [0.1, 0.15) is 5.76 Å². The number of carbonyl (C=O) groups excluding carboxylic acids is 2. The van der Waals surface area contributed by atoms with Crippen LogP contribution >= 0.6 is 0 Å². The van der Waals surface area contributed by atoms with Crippen LogP contribution in [0.15, 0.2) is 9.52 Å². The SMILES string of the molecule is Cc1c(C(=O)N2CCC(C)CC2)oc2c1/C(=N\NC(N)=O)CC(C)(C)C2. The quantitative estimate of drug-likeness (QED) is 0.793. The molecule has 3 rings (SSSR count). The first-order chi connectivity index (χ1) is 12.2. The van der Waals surface area contributed by atoms with Crippen LogP contribution in [0.3, 0.4) is 0 Å². The maximum absolute atomic E-state index is 13.0. The van der Waals surface area contributed by atoms with Gasteiger partial charge in [-0.3, -0.25) is 4.79 Å². The number of hydrogen-bond donors (Lipinski definition) is 2. The van der Waals surface area contributed by atoms with Crippen LogP contribution in [0.4, 0.5) is 4.79 Å². The van der Waals surface area contributed by atoms with Gasteiger partial charge in [-0.1, -0.05) is 20.8 Å². The third kappa shape index (κ3) is 3.61. The van der Waals surface area contributed by atoms with Gasteiger partial charge in [0.05, 0.1) is 5.71 Å². The number of hydrogen-bond acceptors (Lipinski definition) is 4. The molecule has 0 bridgehead atoms. The number of amides is 3. The zero-order valence-electron chi connectivity index (χ0n) is 16.0. The molecule has 142 valence electrons. The van der Waals surface area contributed by atoms with Crippen LogP contribution in [0, 0.1) is 18.3 Å². The Labute approximate surface area is 154 Å². The lowest BCUT2D eigenvalue weighted by molar-refractivity contribution is 0.0661. The van der Waals surface area contributed by atoms with Crippen molar-refractivity contribution in [2.45, 2.75) is 53.4 Å². The van der Waals surface area contributed by atoms with Gasteiger partial charge in [0.25, 0.3) is 5.91 Å². The van der Waals surface area contributed by atoms with Crippen molar-refractivity contribution in [1.82, 2.24) is 10.3 Å². The minimum absolute atomic E-state index is 0.0520. The number of nitrogens with one attached hydrogen (secondary N) is 1. The molecule has 1 aromatic heterocycles. The van der Waals surface area contributed by atoms with E-state index in [2.05, 4.69) is 31.3 Å². The standard InChI is InChI=1S/C19H28N4O3/c1-11-5-7-23(8-6-11)17(24)16-12(2)15-13(21-22-18(20)25)9-19(3,4)10-14(15)26-16/h11H,5-10H2,1-4H3,(H3,20,22,25)/b21-13-. The van der Waals surface area contributed by atoms with Crippen molar-refractivity contribution >= 4 is 17.6 Å². The van der Waals surface area contributed by atoms with E-state index in [4.69, 9.17) is 10.2 Å². The number of primary amides is 1. The van der Waals surface area contributed by atoms with Gasteiger partial charge < -0.3 is 15.1 Å². The number of rotatable bonds is 2. The van der Waals surface area contributed by atoms with Gasteiger partial charge in [0, 0.05) is 30.6 Å². The summed E-state index contributed by atoms with van der Waals surface area (Å²) in [6.45, 7) is 9.86.